The molecule has 1 fully saturated rings. The standard InChI is InChI=1S/C12H19N3O2/c1-2-7-14-9-10-15(12(17)11(14)16)8-5-3-4-6-13/h2-5,7-10H2,1H3. The maximum atomic E-state index is 11.7. The molecule has 5 nitrogen and oxygen atoms in total. The average molecular weight is 237 g/mol. The fourth-order valence-electron chi connectivity index (χ4n) is 1.92. The number of carbonyl (C=O) groups excluding carboxylic acids is 2. The zero-order valence-corrected chi connectivity index (χ0v) is 10.3. The van der Waals surface area contributed by atoms with Gasteiger partial charge < -0.3 is 9.80 Å². The van der Waals surface area contributed by atoms with Crippen LogP contribution in [0.15, 0.2) is 0 Å². The minimum Gasteiger partial charge on any atom is -0.333 e. The zero-order chi connectivity index (χ0) is 12.7. The van der Waals surface area contributed by atoms with Gasteiger partial charge in [-0.05, 0) is 19.3 Å². The number of unbranched alkanes of at least 4 members (excludes halogenated alkanes) is 2. The predicted molar refractivity (Wildman–Crippen MR) is 62.9 cm³/mol. The number of nitrogens with zero attached hydrogens (tertiary/aromatic N) is 3. The van der Waals surface area contributed by atoms with Crippen LogP contribution in [0.5, 0.6) is 0 Å². The molecule has 94 valence electrons. The molecule has 0 bridgehead atoms. The van der Waals surface area contributed by atoms with Crippen LogP contribution in [0.3, 0.4) is 0 Å². The largest absolute Gasteiger partial charge is 0.333 e. The smallest absolute Gasteiger partial charge is 0.312 e. The van der Waals surface area contributed by atoms with Crippen LogP contribution in [-0.4, -0.2) is 47.8 Å². The highest BCUT2D eigenvalue weighted by atomic mass is 16.2. The molecule has 0 aromatic carbocycles. The van der Waals surface area contributed by atoms with Gasteiger partial charge in [-0.2, -0.15) is 5.26 Å². The van der Waals surface area contributed by atoms with E-state index >= 15 is 0 Å². The summed E-state index contributed by atoms with van der Waals surface area (Å²) >= 11 is 0. The third kappa shape index (κ3) is 3.74. The summed E-state index contributed by atoms with van der Waals surface area (Å²) in [4.78, 5) is 26.7. The van der Waals surface area contributed by atoms with Gasteiger partial charge in [0, 0.05) is 32.6 Å². The predicted octanol–water partition coefficient (Wildman–Crippen LogP) is 0.761. The van der Waals surface area contributed by atoms with Crippen molar-refractivity contribution < 1.29 is 9.59 Å². The molecule has 1 aliphatic heterocycles. The van der Waals surface area contributed by atoms with E-state index in [2.05, 4.69) is 6.07 Å². The van der Waals surface area contributed by atoms with Gasteiger partial charge in [0.25, 0.3) is 0 Å². The van der Waals surface area contributed by atoms with E-state index in [0.29, 0.717) is 32.6 Å². The summed E-state index contributed by atoms with van der Waals surface area (Å²) in [6.45, 7) is 4.50. The SMILES string of the molecule is CCCN1CCN(CCCCC#N)C(=O)C1=O. The van der Waals surface area contributed by atoms with Crippen molar-refractivity contribution in [1.82, 2.24) is 9.80 Å². The molecule has 2 amide bonds. The average Bonchev–Trinajstić information content (AvgIpc) is 2.33. The number of carbonyl (C=O) groups is 2. The molecular weight excluding hydrogens is 218 g/mol. The lowest BCUT2D eigenvalue weighted by atomic mass is 10.2. The molecule has 0 aliphatic carbocycles. The highest BCUT2D eigenvalue weighted by Crippen LogP contribution is 2.07. The van der Waals surface area contributed by atoms with E-state index in [0.717, 1.165) is 19.3 Å². The summed E-state index contributed by atoms with van der Waals surface area (Å²) in [6.07, 6.45) is 2.96. The van der Waals surface area contributed by atoms with Crippen molar-refractivity contribution in [2.45, 2.75) is 32.6 Å². The van der Waals surface area contributed by atoms with Gasteiger partial charge >= 0.3 is 11.8 Å². The van der Waals surface area contributed by atoms with Crippen molar-refractivity contribution in [3.8, 4) is 6.07 Å². The van der Waals surface area contributed by atoms with Gasteiger partial charge in [0.15, 0.2) is 0 Å². The Balaban J connectivity index is 2.38. The normalized spacial score (nSPS) is 16.2. The van der Waals surface area contributed by atoms with E-state index in [9.17, 15) is 9.59 Å². The molecule has 0 radical (unpaired) electrons. The monoisotopic (exact) mass is 237 g/mol. The second-order valence-electron chi connectivity index (χ2n) is 4.20. The topological polar surface area (TPSA) is 64.4 Å². The Hall–Kier alpha value is -1.57. The summed E-state index contributed by atoms with van der Waals surface area (Å²) in [5.41, 5.74) is 0. The Morgan fingerprint density at radius 1 is 1.12 bits per heavy atom. The van der Waals surface area contributed by atoms with Crippen LogP contribution in [0, 0.1) is 11.3 Å². The van der Waals surface area contributed by atoms with Crippen LogP contribution < -0.4 is 0 Å². The Kier molecular flexibility index (Phi) is 5.47. The first-order valence-electron chi connectivity index (χ1n) is 6.15. The second-order valence-corrected chi connectivity index (χ2v) is 4.20. The quantitative estimate of drug-likeness (QED) is 0.506. The third-order valence-corrected chi connectivity index (χ3v) is 2.86. The second kappa shape index (κ2) is 6.89. The van der Waals surface area contributed by atoms with Gasteiger partial charge in [0.1, 0.15) is 0 Å². The Bertz CT molecular complexity index is 322. The molecule has 0 atom stereocenters. The van der Waals surface area contributed by atoms with E-state index in [1.165, 1.54) is 0 Å². The van der Waals surface area contributed by atoms with Gasteiger partial charge in [-0.3, -0.25) is 9.59 Å². The lowest BCUT2D eigenvalue weighted by molar-refractivity contribution is -0.156. The van der Waals surface area contributed by atoms with Crippen LogP contribution in [0.2, 0.25) is 0 Å². The van der Waals surface area contributed by atoms with Crippen LogP contribution in [0.25, 0.3) is 0 Å². The van der Waals surface area contributed by atoms with E-state index < -0.39 is 0 Å². The molecule has 5 heteroatoms. The maximum absolute atomic E-state index is 11.7. The van der Waals surface area contributed by atoms with Crippen LogP contribution in [0.1, 0.15) is 32.6 Å². The fourth-order valence-corrected chi connectivity index (χ4v) is 1.92. The van der Waals surface area contributed by atoms with Gasteiger partial charge in [-0.1, -0.05) is 6.92 Å². The summed E-state index contributed by atoms with van der Waals surface area (Å²) in [7, 11) is 0. The van der Waals surface area contributed by atoms with E-state index in [4.69, 9.17) is 5.26 Å². The van der Waals surface area contributed by atoms with Crippen molar-refractivity contribution in [3.63, 3.8) is 0 Å². The van der Waals surface area contributed by atoms with Crippen LogP contribution in [0.4, 0.5) is 0 Å². The van der Waals surface area contributed by atoms with Crippen molar-refractivity contribution in [2.75, 3.05) is 26.2 Å². The lowest BCUT2D eigenvalue weighted by Gasteiger charge is -2.33. The molecule has 0 spiro atoms. The fraction of sp³-hybridized carbons (Fsp3) is 0.750. The maximum Gasteiger partial charge on any atom is 0.312 e. The first kappa shape index (κ1) is 13.5. The molecule has 0 unspecified atom stereocenters. The van der Waals surface area contributed by atoms with E-state index in [1.807, 2.05) is 6.92 Å². The first-order valence-corrected chi connectivity index (χ1v) is 6.15. The molecule has 0 saturated carbocycles. The Labute approximate surface area is 102 Å². The first-order chi connectivity index (χ1) is 8.20. The van der Waals surface area contributed by atoms with Gasteiger partial charge in [0.05, 0.1) is 6.07 Å². The Morgan fingerprint density at radius 3 is 2.24 bits per heavy atom. The van der Waals surface area contributed by atoms with Crippen molar-refractivity contribution >= 4 is 11.8 Å². The molecule has 0 N–H and O–H groups in total. The van der Waals surface area contributed by atoms with Gasteiger partial charge in [-0.15, -0.1) is 0 Å². The lowest BCUT2D eigenvalue weighted by Crippen LogP contribution is -2.54. The number of nitriles is 1. The summed E-state index contributed by atoms with van der Waals surface area (Å²) in [6, 6.07) is 2.07. The van der Waals surface area contributed by atoms with E-state index in [-0.39, 0.29) is 11.8 Å². The molecule has 17 heavy (non-hydrogen) atoms. The van der Waals surface area contributed by atoms with E-state index in [1.54, 1.807) is 9.80 Å². The van der Waals surface area contributed by atoms with Crippen molar-refractivity contribution in [3.05, 3.63) is 0 Å². The minimum absolute atomic E-state index is 0.376. The molecule has 0 aromatic rings. The Morgan fingerprint density at radius 2 is 1.71 bits per heavy atom. The zero-order valence-electron chi connectivity index (χ0n) is 10.3. The van der Waals surface area contributed by atoms with Gasteiger partial charge in [-0.25, -0.2) is 0 Å². The molecular formula is C12H19N3O2. The summed E-state index contributed by atoms with van der Waals surface area (Å²) in [5, 5.41) is 8.40. The third-order valence-electron chi connectivity index (χ3n) is 2.86. The van der Waals surface area contributed by atoms with Crippen LogP contribution in [-0.2, 0) is 9.59 Å². The highest BCUT2D eigenvalue weighted by Gasteiger charge is 2.31. The number of amides is 2. The molecule has 1 aliphatic rings. The summed E-state index contributed by atoms with van der Waals surface area (Å²) < 4.78 is 0. The van der Waals surface area contributed by atoms with Gasteiger partial charge in [0.2, 0.25) is 0 Å². The summed E-state index contributed by atoms with van der Waals surface area (Å²) in [5.74, 6) is -0.764. The number of piperazine rings is 1. The molecule has 0 aromatic heterocycles. The number of hydrogen-bond donors (Lipinski definition) is 0. The highest BCUT2D eigenvalue weighted by molar-refractivity contribution is 6.35. The van der Waals surface area contributed by atoms with Crippen molar-refractivity contribution in [1.29, 1.82) is 5.26 Å². The molecule has 1 heterocycles. The minimum atomic E-state index is -0.387. The number of hydrogen-bond acceptors (Lipinski definition) is 3. The van der Waals surface area contributed by atoms with Crippen LogP contribution >= 0.6 is 0 Å². The molecule has 1 rings (SSSR count). The molecule has 1 saturated heterocycles. The van der Waals surface area contributed by atoms with Crippen molar-refractivity contribution in [2.24, 2.45) is 0 Å². The number of rotatable bonds is 6.